The van der Waals surface area contributed by atoms with Gasteiger partial charge in [-0.3, -0.25) is 0 Å². The summed E-state index contributed by atoms with van der Waals surface area (Å²) in [7, 11) is 1.39. The Hall–Kier alpha value is -1.76. The van der Waals surface area contributed by atoms with Crippen molar-refractivity contribution in [3.8, 4) is 5.75 Å². The number of halogens is 3. The number of alkyl halides is 3. The summed E-state index contributed by atoms with van der Waals surface area (Å²) < 4.78 is 47.6. The van der Waals surface area contributed by atoms with Crippen LogP contribution in [-0.4, -0.2) is 31.4 Å². The minimum Gasteiger partial charge on any atom is -0.491 e. The van der Waals surface area contributed by atoms with Crippen LogP contribution in [0.25, 0.3) is 0 Å². The molecule has 0 saturated heterocycles. The second-order valence-corrected chi connectivity index (χ2v) is 3.36. The van der Waals surface area contributed by atoms with E-state index in [0.29, 0.717) is 6.07 Å². The van der Waals surface area contributed by atoms with Crippen LogP contribution in [0.2, 0.25) is 0 Å². The lowest BCUT2D eigenvalue weighted by Gasteiger charge is -2.14. The number of methoxy groups -OCH3 is 1. The molecule has 0 saturated carbocycles. The van der Waals surface area contributed by atoms with Crippen LogP contribution in [-0.2, 0) is 10.9 Å². The summed E-state index contributed by atoms with van der Waals surface area (Å²) in [6.07, 6.45) is -4.67. The van der Waals surface area contributed by atoms with E-state index in [1.807, 2.05) is 0 Å². The smallest absolute Gasteiger partial charge is 0.419 e. The number of aromatic carboxylic acids is 1. The highest BCUT2D eigenvalue weighted by Gasteiger charge is 2.35. The summed E-state index contributed by atoms with van der Waals surface area (Å²) in [6.45, 7) is 0.0873. The Labute approximate surface area is 101 Å². The number of benzene rings is 1. The quantitative estimate of drug-likeness (QED) is 0.830. The van der Waals surface area contributed by atoms with Crippen molar-refractivity contribution in [3.05, 3.63) is 29.3 Å². The predicted molar refractivity (Wildman–Crippen MR) is 55.8 cm³/mol. The molecule has 0 fully saturated rings. The summed E-state index contributed by atoms with van der Waals surface area (Å²) in [5, 5.41) is 8.65. The van der Waals surface area contributed by atoms with E-state index in [2.05, 4.69) is 4.74 Å². The molecule has 0 atom stereocenters. The molecule has 1 aromatic rings. The van der Waals surface area contributed by atoms with Crippen LogP contribution in [0.3, 0.4) is 0 Å². The van der Waals surface area contributed by atoms with Crippen LogP contribution in [0.5, 0.6) is 5.75 Å². The maximum atomic E-state index is 12.7. The van der Waals surface area contributed by atoms with Crippen molar-refractivity contribution in [1.82, 2.24) is 0 Å². The highest BCUT2D eigenvalue weighted by atomic mass is 19.4. The van der Waals surface area contributed by atoms with Gasteiger partial charge in [-0.05, 0) is 18.2 Å². The first-order valence-electron chi connectivity index (χ1n) is 4.92. The number of carboxylic acids is 1. The van der Waals surface area contributed by atoms with Crippen molar-refractivity contribution in [3.63, 3.8) is 0 Å². The van der Waals surface area contributed by atoms with E-state index in [-0.39, 0.29) is 13.2 Å². The number of rotatable bonds is 5. The van der Waals surface area contributed by atoms with E-state index in [1.165, 1.54) is 7.11 Å². The second-order valence-electron chi connectivity index (χ2n) is 3.36. The Kier molecular flexibility index (Phi) is 4.55. The van der Waals surface area contributed by atoms with Gasteiger partial charge >= 0.3 is 12.1 Å². The first-order valence-corrected chi connectivity index (χ1v) is 4.92. The third kappa shape index (κ3) is 3.63. The molecule has 0 aromatic heterocycles. The number of carboxylic acid groups (broad SMARTS) is 1. The highest BCUT2D eigenvalue weighted by molar-refractivity contribution is 5.88. The van der Waals surface area contributed by atoms with Gasteiger partial charge in [-0.25, -0.2) is 4.79 Å². The van der Waals surface area contributed by atoms with Gasteiger partial charge in [0.15, 0.2) is 0 Å². The molecule has 1 aromatic carbocycles. The van der Waals surface area contributed by atoms with Crippen molar-refractivity contribution in [1.29, 1.82) is 0 Å². The summed E-state index contributed by atoms with van der Waals surface area (Å²) in [4.78, 5) is 10.6. The molecule has 0 unspecified atom stereocenters. The molecule has 0 radical (unpaired) electrons. The number of hydrogen-bond acceptors (Lipinski definition) is 3. The van der Waals surface area contributed by atoms with E-state index < -0.39 is 29.0 Å². The van der Waals surface area contributed by atoms with Gasteiger partial charge in [-0.2, -0.15) is 13.2 Å². The van der Waals surface area contributed by atoms with Gasteiger partial charge in [0, 0.05) is 7.11 Å². The van der Waals surface area contributed by atoms with Crippen LogP contribution >= 0.6 is 0 Å². The van der Waals surface area contributed by atoms with Gasteiger partial charge in [0.05, 0.1) is 17.7 Å². The lowest BCUT2D eigenvalue weighted by Crippen LogP contribution is -2.13. The lowest BCUT2D eigenvalue weighted by atomic mass is 10.1. The molecular weight excluding hydrogens is 253 g/mol. The van der Waals surface area contributed by atoms with Crippen LogP contribution in [0, 0.1) is 0 Å². The number of ether oxygens (including phenoxy) is 2. The zero-order valence-electron chi connectivity index (χ0n) is 9.45. The third-order valence-corrected chi connectivity index (χ3v) is 2.08. The first-order chi connectivity index (χ1) is 8.36. The van der Waals surface area contributed by atoms with Crippen LogP contribution < -0.4 is 4.74 Å². The molecule has 0 aliphatic rings. The molecule has 1 rings (SSSR count). The Morgan fingerprint density at radius 1 is 1.33 bits per heavy atom. The van der Waals surface area contributed by atoms with E-state index >= 15 is 0 Å². The molecule has 0 amide bonds. The fourth-order valence-electron chi connectivity index (χ4n) is 1.25. The molecule has 7 heteroatoms. The largest absolute Gasteiger partial charge is 0.491 e. The average molecular weight is 264 g/mol. The van der Waals surface area contributed by atoms with Gasteiger partial charge in [0.2, 0.25) is 0 Å². The minimum atomic E-state index is -4.67. The fraction of sp³-hybridized carbons (Fsp3) is 0.364. The average Bonchev–Trinajstić information content (AvgIpc) is 2.28. The van der Waals surface area contributed by atoms with Crippen LogP contribution in [0.1, 0.15) is 15.9 Å². The van der Waals surface area contributed by atoms with Gasteiger partial charge in [0.1, 0.15) is 12.4 Å². The van der Waals surface area contributed by atoms with Crippen molar-refractivity contribution in [2.24, 2.45) is 0 Å². The van der Waals surface area contributed by atoms with Gasteiger partial charge in [0.25, 0.3) is 0 Å². The molecule has 100 valence electrons. The maximum absolute atomic E-state index is 12.7. The van der Waals surface area contributed by atoms with Crippen molar-refractivity contribution < 1.29 is 32.5 Å². The summed E-state index contributed by atoms with van der Waals surface area (Å²) in [5.74, 6) is -1.84. The van der Waals surface area contributed by atoms with E-state index in [0.717, 1.165) is 12.1 Å². The molecule has 0 aliphatic heterocycles. The van der Waals surface area contributed by atoms with Crippen molar-refractivity contribution in [2.45, 2.75) is 6.18 Å². The van der Waals surface area contributed by atoms with Crippen molar-refractivity contribution >= 4 is 5.97 Å². The highest BCUT2D eigenvalue weighted by Crippen LogP contribution is 2.36. The molecule has 0 aliphatic carbocycles. The number of hydrogen-bond donors (Lipinski definition) is 1. The third-order valence-electron chi connectivity index (χ3n) is 2.08. The molecule has 0 heterocycles. The molecule has 0 bridgehead atoms. The molecular formula is C11H11F3O4. The normalized spacial score (nSPS) is 11.3. The van der Waals surface area contributed by atoms with Crippen LogP contribution in [0.15, 0.2) is 18.2 Å². The number of carbonyl (C=O) groups is 1. The Morgan fingerprint density at radius 2 is 2.00 bits per heavy atom. The molecule has 4 nitrogen and oxygen atoms in total. The molecule has 1 N–H and O–H groups in total. The first kappa shape index (κ1) is 14.3. The van der Waals surface area contributed by atoms with E-state index in [1.54, 1.807) is 0 Å². The zero-order chi connectivity index (χ0) is 13.8. The van der Waals surface area contributed by atoms with Crippen molar-refractivity contribution in [2.75, 3.05) is 20.3 Å². The predicted octanol–water partition coefficient (Wildman–Crippen LogP) is 2.43. The van der Waals surface area contributed by atoms with Crippen LogP contribution in [0.4, 0.5) is 13.2 Å². The maximum Gasteiger partial charge on any atom is 0.419 e. The van der Waals surface area contributed by atoms with Gasteiger partial charge in [-0.1, -0.05) is 0 Å². The standard InChI is InChI=1S/C11H11F3O4/c1-17-4-5-18-9-3-2-7(10(15)16)6-8(9)11(12,13)14/h2-3,6H,4-5H2,1H3,(H,15,16). The van der Waals surface area contributed by atoms with E-state index in [4.69, 9.17) is 9.84 Å². The second kappa shape index (κ2) is 5.72. The summed E-state index contributed by atoms with van der Waals surface area (Å²) in [5.41, 5.74) is -1.56. The summed E-state index contributed by atoms with van der Waals surface area (Å²) >= 11 is 0. The molecule has 0 spiro atoms. The minimum absolute atomic E-state index is 0.0496. The topological polar surface area (TPSA) is 55.8 Å². The van der Waals surface area contributed by atoms with Gasteiger partial charge in [-0.15, -0.1) is 0 Å². The summed E-state index contributed by atoms with van der Waals surface area (Å²) in [6, 6.07) is 2.59. The van der Waals surface area contributed by atoms with Gasteiger partial charge < -0.3 is 14.6 Å². The fourth-order valence-corrected chi connectivity index (χ4v) is 1.25. The Balaban J connectivity index is 3.05. The monoisotopic (exact) mass is 264 g/mol. The SMILES string of the molecule is COCCOc1ccc(C(=O)O)cc1C(F)(F)F. The lowest BCUT2D eigenvalue weighted by molar-refractivity contribution is -0.139. The molecule has 18 heavy (non-hydrogen) atoms. The Bertz CT molecular complexity index is 429. The van der Waals surface area contributed by atoms with E-state index in [9.17, 15) is 18.0 Å². The Morgan fingerprint density at radius 3 is 2.50 bits per heavy atom. The zero-order valence-corrected chi connectivity index (χ0v) is 9.45.